The highest BCUT2D eigenvalue weighted by Gasteiger charge is 2.16. The zero-order chi connectivity index (χ0) is 20.4. The van der Waals surface area contributed by atoms with Gasteiger partial charge in [0.15, 0.2) is 5.43 Å². The zero-order valence-corrected chi connectivity index (χ0v) is 16.9. The lowest BCUT2D eigenvalue weighted by atomic mass is 10.1. The largest absolute Gasteiger partial charge is 0.341 e. The van der Waals surface area contributed by atoms with E-state index in [1.165, 1.54) is 0 Å². The van der Waals surface area contributed by atoms with Crippen LogP contribution in [0, 0.1) is 6.92 Å². The van der Waals surface area contributed by atoms with Crippen LogP contribution in [0.25, 0.3) is 16.6 Å². The third-order valence-electron chi connectivity index (χ3n) is 4.72. The standard InChI is InChI=1S/C24H24N4O/c1-17-14-21-24(20(25-17)16-27(2)3)22(29)15-23(26-18-10-6-4-7-11-18)28(21)19-12-8-5-9-13-19/h4-15,26H,16H2,1-3H3. The van der Waals surface area contributed by atoms with E-state index in [-0.39, 0.29) is 5.43 Å². The van der Waals surface area contributed by atoms with Gasteiger partial charge in [-0.25, -0.2) is 0 Å². The molecule has 2 heterocycles. The van der Waals surface area contributed by atoms with Gasteiger partial charge in [0, 0.05) is 29.7 Å². The topological polar surface area (TPSA) is 50.2 Å². The second-order valence-corrected chi connectivity index (χ2v) is 7.40. The molecule has 0 radical (unpaired) electrons. The Bertz CT molecular complexity index is 1200. The second-order valence-electron chi connectivity index (χ2n) is 7.40. The van der Waals surface area contributed by atoms with Crippen LogP contribution in [-0.2, 0) is 6.54 Å². The number of hydrogen-bond donors (Lipinski definition) is 1. The van der Waals surface area contributed by atoms with Crippen LogP contribution in [0.3, 0.4) is 0 Å². The van der Waals surface area contributed by atoms with E-state index in [4.69, 9.17) is 0 Å². The molecule has 0 aliphatic heterocycles. The summed E-state index contributed by atoms with van der Waals surface area (Å²) in [6.07, 6.45) is 0. The normalized spacial score (nSPS) is 11.2. The number of anilines is 2. The molecule has 0 unspecified atom stereocenters. The van der Waals surface area contributed by atoms with Crippen molar-refractivity contribution in [2.45, 2.75) is 13.5 Å². The quantitative estimate of drug-likeness (QED) is 0.550. The van der Waals surface area contributed by atoms with Gasteiger partial charge in [-0.3, -0.25) is 14.3 Å². The number of nitrogens with zero attached hydrogens (tertiary/aromatic N) is 3. The van der Waals surface area contributed by atoms with E-state index in [2.05, 4.69) is 14.9 Å². The van der Waals surface area contributed by atoms with E-state index >= 15 is 0 Å². The van der Waals surface area contributed by atoms with Crippen molar-refractivity contribution in [2.24, 2.45) is 0 Å². The van der Waals surface area contributed by atoms with E-state index in [1.54, 1.807) is 6.07 Å². The molecule has 0 atom stereocenters. The van der Waals surface area contributed by atoms with Crippen molar-refractivity contribution in [3.63, 3.8) is 0 Å². The second kappa shape index (κ2) is 7.89. The summed E-state index contributed by atoms with van der Waals surface area (Å²) in [6.45, 7) is 2.57. The molecule has 0 amide bonds. The Morgan fingerprint density at radius 3 is 2.28 bits per heavy atom. The van der Waals surface area contributed by atoms with Gasteiger partial charge in [0.05, 0.1) is 16.6 Å². The third-order valence-corrected chi connectivity index (χ3v) is 4.72. The molecule has 0 aliphatic carbocycles. The molecule has 1 N–H and O–H groups in total. The number of aromatic nitrogens is 2. The van der Waals surface area contributed by atoms with E-state index in [9.17, 15) is 4.79 Å². The van der Waals surface area contributed by atoms with Gasteiger partial charge < -0.3 is 10.2 Å². The molecule has 5 heteroatoms. The third kappa shape index (κ3) is 3.91. The molecular weight excluding hydrogens is 360 g/mol. The van der Waals surface area contributed by atoms with Crippen LogP contribution < -0.4 is 10.7 Å². The maximum Gasteiger partial charge on any atom is 0.193 e. The van der Waals surface area contributed by atoms with Crippen LogP contribution in [0.1, 0.15) is 11.4 Å². The van der Waals surface area contributed by atoms with E-state index < -0.39 is 0 Å². The van der Waals surface area contributed by atoms with E-state index in [1.807, 2.05) is 92.6 Å². The van der Waals surface area contributed by atoms with E-state index in [0.717, 1.165) is 34.1 Å². The van der Waals surface area contributed by atoms with Crippen molar-refractivity contribution in [2.75, 3.05) is 19.4 Å². The van der Waals surface area contributed by atoms with Gasteiger partial charge in [-0.15, -0.1) is 0 Å². The first kappa shape index (κ1) is 18.9. The highest BCUT2D eigenvalue weighted by atomic mass is 16.1. The minimum Gasteiger partial charge on any atom is -0.341 e. The van der Waals surface area contributed by atoms with Crippen molar-refractivity contribution < 1.29 is 0 Å². The van der Waals surface area contributed by atoms with Crippen molar-refractivity contribution in [1.82, 2.24) is 14.5 Å². The lowest BCUT2D eigenvalue weighted by Gasteiger charge is -2.20. The summed E-state index contributed by atoms with van der Waals surface area (Å²) in [5.41, 5.74) is 4.41. The molecule has 5 nitrogen and oxygen atoms in total. The number of rotatable bonds is 5. The first-order valence-electron chi connectivity index (χ1n) is 9.61. The number of hydrogen-bond acceptors (Lipinski definition) is 4. The van der Waals surface area contributed by atoms with Crippen molar-refractivity contribution in [3.8, 4) is 5.69 Å². The van der Waals surface area contributed by atoms with Gasteiger partial charge in [-0.2, -0.15) is 0 Å². The summed E-state index contributed by atoms with van der Waals surface area (Å²) in [7, 11) is 3.97. The summed E-state index contributed by atoms with van der Waals surface area (Å²) in [5.74, 6) is 0.723. The Hall–Kier alpha value is -3.44. The lowest BCUT2D eigenvalue weighted by Crippen LogP contribution is -2.18. The Balaban J connectivity index is 2.04. The first-order chi connectivity index (χ1) is 14.0. The first-order valence-corrected chi connectivity index (χ1v) is 9.61. The average Bonchev–Trinajstić information content (AvgIpc) is 2.68. The molecule has 29 heavy (non-hydrogen) atoms. The number of para-hydroxylation sites is 2. The van der Waals surface area contributed by atoms with Crippen LogP contribution >= 0.6 is 0 Å². The summed E-state index contributed by atoms with van der Waals surface area (Å²) in [4.78, 5) is 19.9. The average molecular weight is 384 g/mol. The molecule has 0 bridgehead atoms. The van der Waals surface area contributed by atoms with Gasteiger partial charge in [-0.05, 0) is 51.4 Å². The lowest BCUT2D eigenvalue weighted by molar-refractivity contribution is 0.398. The van der Waals surface area contributed by atoms with Crippen molar-refractivity contribution in [3.05, 3.63) is 94.4 Å². The van der Waals surface area contributed by atoms with E-state index in [0.29, 0.717) is 11.9 Å². The number of fused-ring (bicyclic) bond motifs is 1. The van der Waals surface area contributed by atoms with Crippen LogP contribution in [0.4, 0.5) is 11.5 Å². The fraction of sp³-hybridized carbons (Fsp3) is 0.167. The molecule has 2 aromatic carbocycles. The SMILES string of the molecule is Cc1cc2c(c(CN(C)C)n1)c(=O)cc(Nc1ccccc1)n2-c1ccccc1. The van der Waals surface area contributed by atoms with Crippen LogP contribution in [-0.4, -0.2) is 28.5 Å². The van der Waals surface area contributed by atoms with Crippen molar-refractivity contribution >= 4 is 22.4 Å². The number of benzene rings is 2. The van der Waals surface area contributed by atoms with Gasteiger partial charge in [-0.1, -0.05) is 36.4 Å². The highest BCUT2D eigenvalue weighted by Crippen LogP contribution is 2.27. The fourth-order valence-electron chi connectivity index (χ4n) is 3.58. The number of pyridine rings is 2. The van der Waals surface area contributed by atoms with Crippen LogP contribution in [0.15, 0.2) is 77.6 Å². The molecular formula is C24H24N4O. The Kier molecular flexibility index (Phi) is 5.14. The van der Waals surface area contributed by atoms with Crippen LogP contribution in [0.2, 0.25) is 0 Å². The Morgan fingerprint density at radius 2 is 1.62 bits per heavy atom. The number of nitrogens with one attached hydrogen (secondary N) is 1. The Morgan fingerprint density at radius 1 is 0.966 bits per heavy atom. The maximum absolute atomic E-state index is 13.2. The monoisotopic (exact) mass is 384 g/mol. The molecule has 0 fully saturated rings. The maximum atomic E-state index is 13.2. The zero-order valence-electron chi connectivity index (χ0n) is 16.9. The smallest absolute Gasteiger partial charge is 0.193 e. The molecule has 0 aliphatic rings. The minimum atomic E-state index is -0.0324. The molecule has 0 spiro atoms. The van der Waals surface area contributed by atoms with Crippen molar-refractivity contribution in [1.29, 1.82) is 0 Å². The summed E-state index contributed by atoms with van der Waals surface area (Å²) < 4.78 is 2.09. The van der Waals surface area contributed by atoms with Gasteiger partial charge in [0.2, 0.25) is 0 Å². The van der Waals surface area contributed by atoms with Crippen LogP contribution in [0.5, 0.6) is 0 Å². The summed E-state index contributed by atoms with van der Waals surface area (Å²) in [6, 6.07) is 23.6. The fourth-order valence-corrected chi connectivity index (χ4v) is 3.58. The van der Waals surface area contributed by atoms with Gasteiger partial charge in [0.25, 0.3) is 0 Å². The Labute approximate surface area is 170 Å². The molecule has 4 aromatic rings. The minimum absolute atomic E-state index is 0.0324. The predicted molar refractivity (Wildman–Crippen MR) is 119 cm³/mol. The molecule has 0 saturated carbocycles. The van der Waals surface area contributed by atoms with Gasteiger partial charge in [0.1, 0.15) is 5.82 Å². The summed E-state index contributed by atoms with van der Waals surface area (Å²) in [5, 5.41) is 4.07. The number of aryl methyl sites for hydroxylation is 1. The predicted octanol–water partition coefficient (Wildman–Crippen LogP) is 4.50. The highest BCUT2D eigenvalue weighted by molar-refractivity contribution is 5.86. The molecule has 2 aromatic heterocycles. The summed E-state index contributed by atoms with van der Waals surface area (Å²) >= 11 is 0. The molecule has 4 rings (SSSR count). The molecule has 146 valence electrons. The van der Waals surface area contributed by atoms with Gasteiger partial charge >= 0.3 is 0 Å². The molecule has 0 saturated heterocycles.